The van der Waals surface area contributed by atoms with Crippen molar-refractivity contribution in [2.24, 2.45) is 5.73 Å². The fourth-order valence-electron chi connectivity index (χ4n) is 4.81. The smallest absolute Gasteiger partial charge is 0.355 e. The maximum absolute atomic E-state index is 13.1. The Balaban J connectivity index is 1.86. The van der Waals surface area contributed by atoms with Crippen LogP contribution in [0.5, 0.6) is 0 Å². The van der Waals surface area contributed by atoms with E-state index in [9.17, 15) is 19.6 Å². The number of methoxy groups -OCH3 is 2. The van der Waals surface area contributed by atoms with Crippen molar-refractivity contribution < 1.29 is 23.9 Å². The van der Waals surface area contributed by atoms with Gasteiger partial charge in [0.15, 0.2) is 0 Å². The Labute approximate surface area is 215 Å². The lowest BCUT2D eigenvalue weighted by atomic mass is 9.81. The van der Waals surface area contributed by atoms with E-state index in [1.165, 1.54) is 19.1 Å². The molecule has 0 aromatic heterocycles. The predicted octanol–water partition coefficient (Wildman–Crippen LogP) is 3.21. The number of hydrogen-bond donors (Lipinski definition) is 1. The van der Waals surface area contributed by atoms with Crippen molar-refractivity contribution in [3.63, 3.8) is 0 Å². The molecule has 2 aliphatic heterocycles. The molecule has 1 atom stereocenters. The minimum atomic E-state index is -0.941. The SMILES string of the molecule is COC(=O)C1=C(C(=O)OC)N(c2ccc(C(=O)N3CCCCC3)cc2)C(N)=C(C#N)C1c1ccccc1. The van der Waals surface area contributed by atoms with Crippen molar-refractivity contribution in [1.29, 1.82) is 5.26 Å². The number of ether oxygens (including phenoxy) is 2. The summed E-state index contributed by atoms with van der Waals surface area (Å²) in [4.78, 5) is 42.3. The maximum atomic E-state index is 13.1. The summed E-state index contributed by atoms with van der Waals surface area (Å²) < 4.78 is 10.1. The van der Waals surface area contributed by atoms with Gasteiger partial charge in [-0.25, -0.2) is 9.59 Å². The van der Waals surface area contributed by atoms with E-state index in [1.54, 1.807) is 54.6 Å². The highest BCUT2D eigenvalue weighted by Crippen LogP contribution is 2.43. The molecule has 2 aliphatic rings. The van der Waals surface area contributed by atoms with Crippen LogP contribution in [0.1, 0.15) is 41.1 Å². The Morgan fingerprint density at radius 3 is 2.11 bits per heavy atom. The summed E-state index contributed by atoms with van der Waals surface area (Å²) in [5.74, 6) is -2.66. The van der Waals surface area contributed by atoms with Crippen molar-refractivity contribution in [2.75, 3.05) is 32.2 Å². The fraction of sp³-hybridized carbons (Fsp3) is 0.286. The lowest BCUT2D eigenvalue weighted by Gasteiger charge is -2.36. The minimum Gasteiger partial charge on any atom is -0.466 e. The van der Waals surface area contributed by atoms with Gasteiger partial charge >= 0.3 is 11.9 Å². The zero-order valence-corrected chi connectivity index (χ0v) is 20.8. The zero-order chi connectivity index (χ0) is 26.5. The van der Waals surface area contributed by atoms with Gasteiger partial charge in [-0.3, -0.25) is 9.69 Å². The van der Waals surface area contributed by atoms with E-state index in [1.807, 2.05) is 4.90 Å². The monoisotopic (exact) mass is 500 g/mol. The molecule has 1 amide bonds. The number of anilines is 1. The predicted molar refractivity (Wildman–Crippen MR) is 136 cm³/mol. The van der Waals surface area contributed by atoms with Crippen LogP contribution in [-0.4, -0.2) is 50.1 Å². The second-order valence-corrected chi connectivity index (χ2v) is 8.74. The molecule has 0 spiro atoms. The fourth-order valence-corrected chi connectivity index (χ4v) is 4.81. The van der Waals surface area contributed by atoms with Crippen molar-refractivity contribution in [1.82, 2.24) is 4.90 Å². The molecule has 2 aromatic carbocycles. The molecule has 37 heavy (non-hydrogen) atoms. The lowest BCUT2D eigenvalue weighted by molar-refractivity contribution is -0.139. The Hall–Kier alpha value is -4.58. The van der Waals surface area contributed by atoms with Gasteiger partial charge in [0.05, 0.1) is 37.4 Å². The molecule has 0 radical (unpaired) electrons. The van der Waals surface area contributed by atoms with Crippen LogP contribution < -0.4 is 10.6 Å². The molecule has 190 valence electrons. The van der Waals surface area contributed by atoms with Gasteiger partial charge < -0.3 is 20.1 Å². The average Bonchev–Trinajstić information content (AvgIpc) is 2.96. The molecule has 4 rings (SSSR count). The highest BCUT2D eigenvalue weighted by Gasteiger charge is 2.43. The van der Waals surface area contributed by atoms with E-state index in [0.717, 1.165) is 19.3 Å². The summed E-state index contributed by atoms with van der Waals surface area (Å²) in [6, 6.07) is 17.5. The normalized spacial score (nSPS) is 17.8. The molecular weight excluding hydrogens is 472 g/mol. The number of nitrogens with zero attached hydrogens (tertiary/aromatic N) is 3. The molecule has 2 heterocycles. The van der Waals surface area contributed by atoms with Crippen molar-refractivity contribution >= 4 is 23.5 Å². The molecule has 1 unspecified atom stereocenters. The number of allylic oxidation sites excluding steroid dienone is 1. The molecule has 0 aliphatic carbocycles. The summed E-state index contributed by atoms with van der Waals surface area (Å²) in [6.07, 6.45) is 3.06. The first-order valence-electron chi connectivity index (χ1n) is 12.0. The van der Waals surface area contributed by atoms with Gasteiger partial charge in [-0.2, -0.15) is 5.26 Å². The first-order chi connectivity index (χ1) is 17.9. The van der Waals surface area contributed by atoms with E-state index < -0.39 is 17.9 Å². The average molecular weight is 501 g/mol. The van der Waals surface area contributed by atoms with Crippen LogP contribution in [0.15, 0.2) is 77.3 Å². The quantitative estimate of drug-likeness (QED) is 0.621. The second kappa shape index (κ2) is 11.0. The van der Waals surface area contributed by atoms with Crippen LogP contribution in [0.3, 0.4) is 0 Å². The van der Waals surface area contributed by atoms with Gasteiger partial charge in [-0.15, -0.1) is 0 Å². The number of piperidine rings is 1. The number of nitrogens with two attached hydrogens (primary N) is 1. The number of nitriles is 1. The first-order valence-corrected chi connectivity index (χ1v) is 12.0. The second-order valence-electron chi connectivity index (χ2n) is 8.74. The van der Waals surface area contributed by atoms with Crippen LogP contribution in [0.2, 0.25) is 0 Å². The van der Waals surface area contributed by atoms with Crippen molar-refractivity contribution in [3.8, 4) is 6.07 Å². The number of hydrogen-bond acceptors (Lipinski definition) is 8. The summed E-state index contributed by atoms with van der Waals surface area (Å²) in [6.45, 7) is 1.43. The molecule has 1 fully saturated rings. The number of esters is 2. The standard InChI is InChI=1S/C28H28N4O5/c1-36-27(34)23-22(18-9-5-3-6-10-18)21(17-29)25(30)32(24(23)28(35)37-2)20-13-11-19(12-14-20)26(33)31-15-7-4-8-16-31/h3,5-6,9-14,22H,4,7-8,15-16,30H2,1-2H3. The molecule has 0 saturated carbocycles. The largest absolute Gasteiger partial charge is 0.466 e. The number of amides is 1. The molecule has 1 saturated heterocycles. The van der Waals surface area contributed by atoms with Crippen LogP contribution in [0, 0.1) is 11.3 Å². The van der Waals surface area contributed by atoms with E-state index in [0.29, 0.717) is 29.9 Å². The van der Waals surface area contributed by atoms with E-state index in [-0.39, 0.29) is 28.6 Å². The van der Waals surface area contributed by atoms with Gasteiger partial charge in [0.2, 0.25) is 0 Å². The summed E-state index contributed by atoms with van der Waals surface area (Å²) in [5, 5.41) is 10.1. The maximum Gasteiger partial charge on any atom is 0.355 e. The van der Waals surface area contributed by atoms with Crippen LogP contribution in [-0.2, 0) is 19.1 Å². The van der Waals surface area contributed by atoms with Crippen molar-refractivity contribution in [2.45, 2.75) is 25.2 Å². The van der Waals surface area contributed by atoms with Crippen LogP contribution >= 0.6 is 0 Å². The van der Waals surface area contributed by atoms with Crippen LogP contribution in [0.4, 0.5) is 5.69 Å². The highest BCUT2D eigenvalue weighted by atomic mass is 16.5. The Kier molecular flexibility index (Phi) is 7.58. The first kappa shape index (κ1) is 25.5. The number of carbonyl (C=O) groups is 3. The Morgan fingerprint density at radius 1 is 0.919 bits per heavy atom. The summed E-state index contributed by atoms with van der Waals surface area (Å²) >= 11 is 0. The summed E-state index contributed by atoms with van der Waals surface area (Å²) in [7, 11) is 2.39. The Morgan fingerprint density at radius 2 is 1.54 bits per heavy atom. The summed E-state index contributed by atoms with van der Waals surface area (Å²) in [5.41, 5.74) is 7.82. The van der Waals surface area contributed by atoms with Gasteiger partial charge in [0, 0.05) is 24.3 Å². The zero-order valence-electron chi connectivity index (χ0n) is 20.8. The highest BCUT2D eigenvalue weighted by molar-refractivity contribution is 6.06. The molecule has 9 nitrogen and oxygen atoms in total. The van der Waals surface area contributed by atoms with Gasteiger partial charge in [0.25, 0.3) is 5.91 Å². The minimum absolute atomic E-state index is 0.0282. The third kappa shape index (κ3) is 4.78. The number of likely N-dealkylation sites (tertiary alicyclic amines) is 1. The van der Waals surface area contributed by atoms with Gasteiger partial charge in [-0.05, 0) is 49.1 Å². The molecular formula is C28H28N4O5. The Bertz CT molecular complexity index is 1300. The molecule has 2 N–H and O–H groups in total. The number of benzene rings is 2. The van der Waals surface area contributed by atoms with Crippen molar-refractivity contribution in [3.05, 3.63) is 88.4 Å². The lowest BCUT2D eigenvalue weighted by Crippen LogP contribution is -2.40. The third-order valence-corrected chi connectivity index (χ3v) is 6.63. The molecule has 2 aromatic rings. The molecule has 9 heteroatoms. The molecule has 0 bridgehead atoms. The van der Waals surface area contributed by atoms with E-state index >= 15 is 0 Å². The topological polar surface area (TPSA) is 126 Å². The van der Waals surface area contributed by atoms with Gasteiger partial charge in [0.1, 0.15) is 11.5 Å². The van der Waals surface area contributed by atoms with E-state index in [4.69, 9.17) is 15.2 Å². The van der Waals surface area contributed by atoms with Crippen LogP contribution in [0.25, 0.3) is 0 Å². The number of carbonyl (C=O) groups excluding carboxylic acids is 3. The van der Waals surface area contributed by atoms with E-state index in [2.05, 4.69) is 6.07 Å². The number of rotatable bonds is 5. The third-order valence-electron chi connectivity index (χ3n) is 6.63. The van der Waals surface area contributed by atoms with Gasteiger partial charge in [-0.1, -0.05) is 30.3 Å².